The Morgan fingerprint density at radius 2 is 2.00 bits per heavy atom. The van der Waals surface area contributed by atoms with Gasteiger partial charge in [-0.3, -0.25) is 0 Å². The standard InChI is InChI=1S/C17H22N2O2S/c1-2-13(12-8-4-3-5-9-12)16-18-19-17(21-16)22-15-11-7-6-10-14(15)20/h3-5,8-9,13-15,20H,2,6-7,10-11H2,1H3. The van der Waals surface area contributed by atoms with Crippen molar-refractivity contribution < 1.29 is 9.52 Å². The molecule has 1 N–H and O–H groups in total. The molecule has 5 heteroatoms. The van der Waals surface area contributed by atoms with Crippen molar-refractivity contribution in [1.82, 2.24) is 10.2 Å². The van der Waals surface area contributed by atoms with E-state index in [-0.39, 0.29) is 17.3 Å². The Kier molecular flexibility index (Phi) is 5.16. The molecule has 1 aliphatic rings. The number of aliphatic hydroxyl groups is 1. The topological polar surface area (TPSA) is 59.2 Å². The van der Waals surface area contributed by atoms with Gasteiger partial charge in [-0.15, -0.1) is 10.2 Å². The summed E-state index contributed by atoms with van der Waals surface area (Å²) in [6.07, 6.45) is 4.82. The molecule has 1 aromatic carbocycles. The van der Waals surface area contributed by atoms with Gasteiger partial charge in [-0.25, -0.2) is 0 Å². The van der Waals surface area contributed by atoms with E-state index in [4.69, 9.17) is 4.42 Å². The fourth-order valence-electron chi connectivity index (χ4n) is 2.99. The number of rotatable bonds is 5. The molecule has 22 heavy (non-hydrogen) atoms. The summed E-state index contributed by atoms with van der Waals surface area (Å²) in [4.78, 5) is 0. The van der Waals surface area contributed by atoms with E-state index in [1.54, 1.807) is 0 Å². The van der Waals surface area contributed by atoms with Crippen LogP contribution in [0.1, 0.15) is 56.4 Å². The highest BCUT2D eigenvalue weighted by molar-refractivity contribution is 7.99. The number of thioether (sulfide) groups is 1. The van der Waals surface area contributed by atoms with Crippen molar-refractivity contribution in [3.05, 3.63) is 41.8 Å². The molecule has 3 atom stereocenters. The summed E-state index contributed by atoms with van der Waals surface area (Å²) in [5.41, 5.74) is 1.20. The van der Waals surface area contributed by atoms with E-state index < -0.39 is 0 Å². The van der Waals surface area contributed by atoms with E-state index in [0.29, 0.717) is 11.1 Å². The number of hydrogen-bond donors (Lipinski definition) is 1. The highest BCUT2D eigenvalue weighted by atomic mass is 32.2. The first kappa shape index (κ1) is 15.6. The van der Waals surface area contributed by atoms with Crippen LogP contribution in [0.15, 0.2) is 40.0 Å². The monoisotopic (exact) mass is 318 g/mol. The van der Waals surface area contributed by atoms with Crippen LogP contribution in [0.5, 0.6) is 0 Å². The summed E-state index contributed by atoms with van der Waals surface area (Å²) in [5.74, 6) is 0.806. The van der Waals surface area contributed by atoms with Crippen molar-refractivity contribution in [2.45, 2.75) is 61.5 Å². The van der Waals surface area contributed by atoms with Gasteiger partial charge in [0, 0.05) is 5.25 Å². The van der Waals surface area contributed by atoms with Crippen LogP contribution in [0.2, 0.25) is 0 Å². The van der Waals surface area contributed by atoms with E-state index in [1.165, 1.54) is 17.3 Å². The van der Waals surface area contributed by atoms with Gasteiger partial charge < -0.3 is 9.52 Å². The molecule has 1 aromatic heterocycles. The first-order valence-corrected chi connectivity index (χ1v) is 8.89. The second-order valence-electron chi connectivity index (χ2n) is 5.79. The van der Waals surface area contributed by atoms with Crippen molar-refractivity contribution in [2.75, 3.05) is 0 Å². The molecular formula is C17H22N2O2S. The van der Waals surface area contributed by atoms with Gasteiger partial charge in [0.15, 0.2) is 0 Å². The molecule has 0 radical (unpaired) electrons. The lowest BCUT2D eigenvalue weighted by molar-refractivity contribution is 0.136. The lowest BCUT2D eigenvalue weighted by atomic mass is 9.97. The van der Waals surface area contributed by atoms with Crippen molar-refractivity contribution in [3.8, 4) is 0 Å². The predicted molar refractivity (Wildman–Crippen MR) is 87.0 cm³/mol. The quantitative estimate of drug-likeness (QED) is 0.902. The van der Waals surface area contributed by atoms with E-state index in [2.05, 4.69) is 29.3 Å². The first-order chi connectivity index (χ1) is 10.8. The average molecular weight is 318 g/mol. The molecule has 0 amide bonds. The third kappa shape index (κ3) is 3.52. The van der Waals surface area contributed by atoms with Crippen LogP contribution >= 0.6 is 11.8 Å². The third-order valence-corrected chi connectivity index (χ3v) is 5.47. The maximum absolute atomic E-state index is 10.1. The van der Waals surface area contributed by atoms with E-state index in [0.717, 1.165) is 32.1 Å². The van der Waals surface area contributed by atoms with Crippen molar-refractivity contribution >= 4 is 11.8 Å². The van der Waals surface area contributed by atoms with Gasteiger partial charge in [-0.05, 0) is 24.8 Å². The fourth-order valence-corrected chi connectivity index (χ4v) is 4.05. The fraction of sp³-hybridized carbons (Fsp3) is 0.529. The van der Waals surface area contributed by atoms with Crippen molar-refractivity contribution in [3.63, 3.8) is 0 Å². The SMILES string of the molecule is CCC(c1ccccc1)c1nnc(SC2CCCCC2O)o1. The molecule has 1 fully saturated rings. The third-order valence-electron chi connectivity index (χ3n) is 4.25. The zero-order valence-corrected chi connectivity index (χ0v) is 13.6. The van der Waals surface area contributed by atoms with Crippen LogP contribution in [-0.2, 0) is 0 Å². The summed E-state index contributed by atoms with van der Waals surface area (Å²) >= 11 is 1.53. The number of nitrogens with zero attached hydrogens (tertiary/aromatic N) is 2. The number of aliphatic hydroxyl groups excluding tert-OH is 1. The smallest absolute Gasteiger partial charge is 0.276 e. The molecule has 1 heterocycles. The lowest BCUT2D eigenvalue weighted by Crippen LogP contribution is -2.26. The molecule has 3 rings (SSSR count). The predicted octanol–water partition coefficient (Wildman–Crippen LogP) is 4.01. The highest BCUT2D eigenvalue weighted by Gasteiger charge is 2.27. The van der Waals surface area contributed by atoms with Crippen LogP contribution in [-0.4, -0.2) is 26.7 Å². The average Bonchev–Trinajstić information content (AvgIpc) is 3.00. The minimum Gasteiger partial charge on any atom is -0.415 e. The van der Waals surface area contributed by atoms with Gasteiger partial charge >= 0.3 is 0 Å². The Labute approximate surface area is 135 Å². The molecule has 0 spiro atoms. The van der Waals surface area contributed by atoms with Gasteiger partial charge in [0.1, 0.15) is 0 Å². The molecule has 2 aromatic rings. The van der Waals surface area contributed by atoms with Gasteiger partial charge in [0.25, 0.3) is 5.22 Å². The molecule has 1 aliphatic carbocycles. The first-order valence-electron chi connectivity index (χ1n) is 8.01. The van der Waals surface area contributed by atoms with Crippen molar-refractivity contribution in [1.29, 1.82) is 0 Å². The molecule has 1 saturated carbocycles. The molecule has 3 unspecified atom stereocenters. The highest BCUT2D eigenvalue weighted by Crippen LogP contribution is 2.35. The number of aromatic nitrogens is 2. The maximum atomic E-state index is 10.1. The summed E-state index contributed by atoms with van der Waals surface area (Å²) in [7, 11) is 0. The number of benzene rings is 1. The van der Waals surface area contributed by atoms with Gasteiger partial charge in [-0.2, -0.15) is 0 Å². The zero-order valence-electron chi connectivity index (χ0n) is 12.8. The molecule has 0 bridgehead atoms. The van der Waals surface area contributed by atoms with Crippen LogP contribution in [0, 0.1) is 0 Å². The molecule has 118 valence electrons. The Morgan fingerprint density at radius 3 is 2.73 bits per heavy atom. The van der Waals surface area contributed by atoms with Gasteiger partial charge in [0.2, 0.25) is 5.89 Å². The van der Waals surface area contributed by atoms with Gasteiger partial charge in [-0.1, -0.05) is 61.9 Å². The normalized spacial score (nSPS) is 23.4. The van der Waals surface area contributed by atoms with Crippen LogP contribution in [0.4, 0.5) is 0 Å². The van der Waals surface area contributed by atoms with E-state index in [9.17, 15) is 5.11 Å². The lowest BCUT2D eigenvalue weighted by Gasteiger charge is -2.25. The Balaban J connectivity index is 1.72. The molecular weight excluding hydrogens is 296 g/mol. The second kappa shape index (κ2) is 7.29. The van der Waals surface area contributed by atoms with E-state index in [1.807, 2.05) is 18.2 Å². The minimum atomic E-state index is -0.259. The van der Waals surface area contributed by atoms with Crippen molar-refractivity contribution in [2.24, 2.45) is 0 Å². The summed E-state index contributed by atoms with van der Waals surface area (Å²) in [6.45, 7) is 2.12. The minimum absolute atomic E-state index is 0.138. The Hall–Kier alpha value is -1.33. The van der Waals surface area contributed by atoms with Crippen LogP contribution in [0.3, 0.4) is 0 Å². The molecule has 0 saturated heterocycles. The molecule has 4 nitrogen and oxygen atoms in total. The molecule has 0 aliphatic heterocycles. The number of hydrogen-bond acceptors (Lipinski definition) is 5. The Bertz CT molecular complexity index is 587. The van der Waals surface area contributed by atoms with Crippen LogP contribution < -0.4 is 0 Å². The van der Waals surface area contributed by atoms with Gasteiger partial charge in [0.05, 0.1) is 12.0 Å². The largest absolute Gasteiger partial charge is 0.415 e. The summed E-state index contributed by atoms with van der Waals surface area (Å²) in [6, 6.07) is 10.3. The summed E-state index contributed by atoms with van der Waals surface area (Å²) < 4.78 is 5.87. The van der Waals surface area contributed by atoms with E-state index >= 15 is 0 Å². The second-order valence-corrected chi connectivity index (χ2v) is 6.98. The van der Waals surface area contributed by atoms with Crippen LogP contribution in [0.25, 0.3) is 0 Å². The zero-order chi connectivity index (χ0) is 15.4. The Morgan fingerprint density at radius 1 is 1.23 bits per heavy atom. The maximum Gasteiger partial charge on any atom is 0.276 e. The summed E-state index contributed by atoms with van der Waals surface area (Å²) in [5, 5.41) is 19.2.